The fraction of sp³-hybridized carbons (Fsp3) is 0.792. The Morgan fingerprint density at radius 3 is 1.75 bits per heavy atom. The Morgan fingerprint density at radius 2 is 1.19 bits per heavy atom. The molecule has 0 aromatic carbocycles. The third kappa shape index (κ3) is 29.4. The predicted octanol–water partition coefficient (Wildman–Crippen LogP) is 10.2. The van der Waals surface area contributed by atoms with E-state index in [1.165, 1.54) is 95.7 Å². The number of nitrogen functional groups attached to an aromatic ring is 1. The normalized spacial score (nSPS) is 19.6. The van der Waals surface area contributed by atoms with Gasteiger partial charge in [0.05, 0.1) is 13.2 Å². The quantitative estimate of drug-likeness (QED) is 0.0176. The number of hydrogen-bond acceptors (Lipinski definition) is 15. The van der Waals surface area contributed by atoms with Gasteiger partial charge in [-0.15, -0.1) is 0 Å². The predicted molar refractivity (Wildman–Crippen MR) is 261 cm³/mol. The van der Waals surface area contributed by atoms with Crippen molar-refractivity contribution in [1.82, 2.24) is 9.55 Å². The number of unbranched alkanes of at least 4 members (excludes halogenated alkanes) is 22. The molecule has 20 heteroatoms. The molecule has 6 N–H and O–H groups in total. The highest BCUT2D eigenvalue weighted by atomic mass is 31.3. The Morgan fingerprint density at radius 1 is 0.706 bits per heavy atom. The first kappa shape index (κ1) is 61.4. The summed E-state index contributed by atoms with van der Waals surface area (Å²) in [6.07, 6.45) is 31.1. The van der Waals surface area contributed by atoms with Gasteiger partial charge in [0.15, 0.2) is 12.3 Å². The third-order valence-corrected chi connectivity index (χ3v) is 14.1. The lowest BCUT2D eigenvalue weighted by Crippen LogP contribution is -2.36. The van der Waals surface area contributed by atoms with Gasteiger partial charge in [-0.3, -0.25) is 23.2 Å². The molecule has 3 unspecified atom stereocenters. The molecule has 2 rings (SSSR count). The maximum Gasteiger partial charge on any atom is 0.481 e. The molecule has 0 radical (unpaired) electrons. The highest BCUT2D eigenvalue weighted by Gasteiger charge is 2.46. The van der Waals surface area contributed by atoms with E-state index in [1.54, 1.807) is 0 Å². The molecule has 2 heterocycles. The molecular formula is C48H85N3O15P2. The molecule has 0 amide bonds. The molecule has 392 valence electrons. The zero-order valence-corrected chi connectivity index (χ0v) is 42.7. The average molecular weight is 1010 g/mol. The number of aromatic nitrogens is 2. The monoisotopic (exact) mass is 1010 g/mol. The number of phosphoric ester groups is 2. The van der Waals surface area contributed by atoms with Crippen LogP contribution in [0.25, 0.3) is 0 Å². The van der Waals surface area contributed by atoms with Gasteiger partial charge in [0.2, 0.25) is 0 Å². The van der Waals surface area contributed by atoms with E-state index in [9.17, 15) is 43.5 Å². The van der Waals surface area contributed by atoms with Gasteiger partial charge in [0.1, 0.15) is 30.7 Å². The van der Waals surface area contributed by atoms with Gasteiger partial charge >= 0.3 is 33.3 Å². The summed E-state index contributed by atoms with van der Waals surface area (Å²) in [5.74, 6) is -1.30. The average Bonchev–Trinajstić information content (AvgIpc) is 3.57. The first-order chi connectivity index (χ1) is 32.7. The number of allylic oxidation sites excluding steroid dienone is 4. The second-order valence-corrected chi connectivity index (χ2v) is 20.7. The van der Waals surface area contributed by atoms with Crippen molar-refractivity contribution in [1.29, 1.82) is 0 Å². The van der Waals surface area contributed by atoms with Crippen LogP contribution in [0, 0.1) is 0 Å². The number of ether oxygens (including phenoxy) is 3. The zero-order chi connectivity index (χ0) is 49.9. The lowest BCUT2D eigenvalue weighted by molar-refractivity contribution is -0.161. The first-order valence-corrected chi connectivity index (χ1v) is 28.3. The molecule has 18 nitrogen and oxygen atoms in total. The van der Waals surface area contributed by atoms with Crippen LogP contribution in [0.1, 0.15) is 200 Å². The number of esters is 2. The summed E-state index contributed by atoms with van der Waals surface area (Å²) in [4.78, 5) is 61.9. The van der Waals surface area contributed by atoms with Crippen molar-refractivity contribution < 1.29 is 66.3 Å². The highest BCUT2D eigenvalue weighted by molar-refractivity contribution is 7.61. The molecule has 1 aliphatic rings. The third-order valence-electron chi connectivity index (χ3n) is 11.5. The Labute approximate surface area is 405 Å². The van der Waals surface area contributed by atoms with Crippen molar-refractivity contribution >= 4 is 33.4 Å². The van der Waals surface area contributed by atoms with Crippen molar-refractivity contribution in [2.24, 2.45) is 0 Å². The van der Waals surface area contributed by atoms with Gasteiger partial charge in [-0.25, -0.2) is 13.9 Å². The van der Waals surface area contributed by atoms with Crippen LogP contribution in [0.4, 0.5) is 5.82 Å². The van der Waals surface area contributed by atoms with Crippen LogP contribution in [0.15, 0.2) is 41.4 Å². The molecule has 1 fully saturated rings. The molecular weight excluding hydrogens is 920 g/mol. The number of anilines is 1. The zero-order valence-electron chi connectivity index (χ0n) is 40.9. The van der Waals surface area contributed by atoms with E-state index in [4.69, 9.17) is 29.0 Å². The van der Waals surface area contributed by atoms with E-state index in [1.807, 2.05) is 0 Å². The van der Waals surface area contributed by atoms with Gasteiger partial charge < -0.3 is 39.9 Å². The minimum atomic E-state index is -5.42. The second kappa shape index (κ2) is 37.1. The summed E-state index contributed by atoms with van der Waals surface area (Å²) in [6, 6.07) is 1.25. The highest BCUT2D eigenvalue weighted by Crippen LogP contribution is 2.60. The van der Waals surface area contributed by atoms with E-state index in [0.717, 1.165) is 75.2 Å². The van der Waals surface area contributed by atoms with Gasteiger partial charge in [-0.2, -0.15) is 9.29 Å². The smallest absolute Gasteiger partial charge is 0.462 e. The van der Waals surface area contributed by atoms with E-state index in [0.29, 0.717) is 12.8 Å². The number of aliphatic hydroxyl groups excluding tert-OH is 2. The van der Waals surface area contributed by atoms with Gasteiger partial charge in [-0.1, -0.05) is 160 Å². The van der Waals surface area contributed by atoms with Crippen molar-refractivity contribution in [2.75, 3.05) is 25.6 Å². The van der Waals surface area contributed by atoms with E-state index in [-0.39, 0.29) is 18.7 Å². The molecule has 1 aliphatic heterocycles. The summed E-state index contributed by atoms with van der Waals surface area (Å²) in [5.41, 5.74) is 4.59. The summed E-state index contributed by atoms with van der Waals surface area (Å²) < 4.78 is 56.8. The molecule has 1 aromatic rings. The van der Waals surface area contributed by atoms with E-state index < -0.39 is 83.7 Å². The number of carbonyl (C=O) groups excluding carboxylic acids is 2. The lowest BCUT2D eigenvalue weighted by Gasteiger charge is -2.21. The van der Waals surface area contributed by atoms with Gasteiger partial charge in [0.25, 0.3) is 0 Å². The number of hydrogen-bond donors (Lipinski definition) is 5. The fourth-order valence-corrected chi connectivity index (χ4v) is 9.69. The molecule has 0 spiro atoms. The van der Waals surface area contributed by atoms with Crippen LogP contribution < -0.4 is 11.4 Å². The second-order valence-electron chi connectivity index (χ2n) is 17.7. The maximum absolute atomic E-state index is 12.9. The standard InChI is InChI=1S/C48H85N3O15P2/c1-3-5-7-9-11-13-15-17-19-21-23-25-27-29-31-33-43(52)61-37-40(64-44(53)34-32-30-28-26-24-22-20-18-16-14-12-10-8-6-4-2)38-62-67(57,58)66-68(59,60)63-39-41-45(54)46(55)47(65-41)51-36-35-42(49)50-48(51)56/h11,13,17,19,35-36,40-41,45-47,54-55H,3-10,12,14-16,18,20-34,37-39H2,1-2H3,(H,57,58)(H,59,60)(H2,49,50,56)/b13-11-,19-17-/t40-,41-,45+,46?,47-/m1/s1. The molecule has 0 saturated carbocycles. The van der Waals surface area contributed by atoms with Crippen molar-refractivity contribution in [2.45, 2.75) is 224 Å². The Kier molecular flexibility index (Phi) is 33.5. The molecule has 0 bridgehead atoms. The largest absolute Gasteiger partial charge is 0.481 e. The van der Waals surface area contributed by atoms with Gasteiger partial charge in [0, 0.05) is 19.0 Å². The number of nitrogens with zero attached hydrogens (tertiary/aromatic N) is 2. The lowest BCUT2D eigenvalue weighted by atomic mass is 10.0. The number of phosphoric acid groups is 2. The SMILES string of the molecule is CCCCC/C=C\C/C=C\CCCCCCCC(=O)OC[C@H](COP(=O)(O)OP(=O)(O)OC[C@H]1O[C@@H](n2ccc(N)nc2=O)C(O)[C@H]1O)OC(=O)CCCCCCCCCCCCCCCCC. The van der Waals surface area contributed by atoms with Crippen LogP contribution in [0.3, 0.4) is 0 Å². The summed E-state index contributed by atoms with van der Waals surface area (Å²) in [6.45, 7) is 2.13. The van der Waals surface area contributed by atoms with Crippen molar-refractivity contribution in [3.8, 4) is 0 Å². The Hall–Kier alpha value is -2.76. The molecule has 0 aliphatic carbocycles. The topological polar surface area (TPSA) is 265 Å². The van der Waals surface area contributed by atoms with E-state index >= 15 is 0 Å². The molecule has 1 aromatic heterocycles. The van der Waals surface area contributed by atoms with Crippen molar-refractivity contribution in [3.63, 3.8) is 0 Å². The van der Waals surface area contributed by atoms with Gasteiger partial charge in [-0.05, 0) is 51.0 Å². The number of rotatable bonds is 42. The van der Waals surface area contributed by atoms with Crippen LogP contribution >= 0.6 is 15.6 Å². The Bertz CT molecular complexity index is 1730. The summed E-state index contributed by atoms with van der Waals surface area (Å²) in [5, 5.41) is 20.9. The number of aliphatic hydroxyl groups is 2. The summed E-state index contributed by atoms with van der Waals surface area (Å²) in [7, 11) is -10.8. The number of nitrogens with two attached hydrogens (primary N) is 1. The number of carbonyl (C=O) groups is 2. The fourth-order valence-electron chi connectivity index (χ4n) is 7.58. The minimum absolute atomic E-state index is 0.0513. The minimum Gasteiger partial charge on any atom is -0.462 e. The van der Waals surface area contributed by atoms with Crippen molar-refractivity contribution in [3.05, 3.63) is 47.1 Å². The maximum atomic E-state index is 12.9. The molecule has 68 heavy (non-hydrogen) atoms. The van der Waals surface area contributed by atoms with Crippen LogP contribution in [0.2, 0.25) is 0 Å². The summed E-state index contributed by atoms with van der Waals surface area (Å²) >= 11 is 0. The molecule has 1 saturated heterocycles. The van der Waals surface area contributed by atoms with Crippen LogP contribution in [-0.2, 0) is 46.3 Å². The van der Waals surface area contributed by atoms with Crippen LogP contribution in [0.5, 0.6) is 0 Å². The van der Waals surface area contributed by atoms with E-state index in [2.05, 4.69) is 47.4 Å². The van der Waals surface area contributed by atoms with Crippen LogP contribution in [-0.4, -0.2) is 85.7 Å². The Balaban J connectivity index is 1.80. The first-order valence-electron chi connectivity index (χ1n) is 25.3. The molecule has 7 atom stereocenters.